The first kappa shape index (κ1) is 19.8. The number of amides is 1. The minimum atomic E-state index is -0.0848. The lowest BCUT2D eigenvalue weighted by atomic mass is 9.65. The summed E-state index contributed by atoms with van der Waals surface area (Å²) in [6.45, 7) is 12.6. The molecule has 1 heterocycles. The van der Waals surface area contributed by atoms with Gasteiger partial charge in [-0.3, -0.25) is 0 Å². The fourth-order valence-electron chi connectivity index (χ4n) is 5.68. The lowest BCUT2D eigenvalue weighted by molar-refractivity contribution is 0.00856. The van der Waals surface area contributed by atoms with E-state index in [4.69, 9.17) is 4.74 Å². The van der Waals surface area contributed by atoms with Crippen molar-refractivity contribution in [1.29, 1.82) is 0 Å². The van der Waals surface area contributed by atoms with Gasteiger partial charge in [0.1, 0.15) is 6.10 Å². The predicted octanol–water partition coefficient (Wildman–Crippen LogP) is 6.19. The smallest absolute Gasteiger partial charge is 0.410 e. The molecule has 148 valence electrons. The van der Waals surface area contributed by atoms with Gasteiger partial charge in [0, 0.05) is 13.1 Å². The predicted molar refractivity (Wildman–Crippen MR) is 107 cm³/mol. The van der Waals surface area contributed by atoms with Gasteiger partial charge in [-0.1, -0.05) is 32.4 Å². The van der Waals surface area contributed by atoms with Crippen LogP contribution in [0.1, 0.15) is 85.0 Å². The topological polar surface area (TPSA) is 29.5 Å². The van der Waals surface area contributed by atoms with Crippen molar-refractivity contribution in [2.75, 3.05) is 13.1 Å². The molecule has 1 spiro atoms. The van der Waals surface area contributed by atoms with Gasteiger partial charge in [0.05, 0.1) is 0 Å². The van der Waals surface area contributed by atoms with Crippen LogP contribution in [0, 0.1) is 23.2 Å². The highest BCUT2D eigenvalue weighted by Crippen LogP contribution is 2.47. The van der Waals surface area contributed by atoms with Crippen LogP contribution < -0.4 is 0 Å². The number of piperidine rings is 1. The van der Waals surface area contributed by atoms with Crippen LogP contribution in [-0.4, -0.2) is 30.2 Å². The van der Waals surface area contributed by atoms with E-state index in [1.807, 2.05) is 4.90 Å². The Morgan fingerprint density at radius 1 is 1.23 bits per heavy atom. The van der Waals surface area contributed by atoms with E-state index >= 15 is 0 Å². The number of carbonyl (C=O) groups excluding carboxylic acids is 1. The molecule has 2 aliphatic carbocycles. The highest BCUT2D eigenvalue weighted by Gasteiger charge is 2.39. The number of nitrogens with zero attached hydrogens (tertiary/aromatic N) is 1. The molecule has 3 fully saturated rings. The van der Waals surface area contributed by atoms with Crippen LogP contribution in [0.3, 0.4) is 0 Å². The van der Waals surface area contributed by atoms with E-state index in [0.717, 1.165) is 38.3 Å². The molecule has 0 aromatic heterocycles. The lowest BCUT2D eigenvalue weighted by Gasteiger charge is -2.46. The Balaban J connectivity index is 1.46. The summed E-state index contributed by atoms with van der Waals surface area (Å²) in [5.41, 5.74) is 1.84. The Hall–Kier alpha value is -0.990. The summed E-state index contributed by atoms with van der Waals surface area (Å²) in [5.74, 6) is 2.04. The molecule has 3 nitrogen and oxygen atoms in total. The van der Waals surface area contributed by atoms with Gasteiger partial charge in [0.2, 0.25) is 0 Å². The Labute approximate surface area is 160 Å². The third-order valence-electron chi connectivity index (χ3n) is 7.67. The molecular formula is C23H39NO2. The van der Waals surface area contributed by atoms with Crippen LogP contribution in [-0.2, 0) is 4.74 Å². The minimum absolute atomic E-state index is 0.00196. The lowest BCUT2D eigenvalue weighted by Crippen LogP contribution is -2.45. The Morgan fingerprint density at radius 3 is 2.46 bits per heavy atom. The number of hydrogen-bond donors (Lipinski definition) is 0. The van der Waals surface area contributed by atoms with Gasteiger partial charge in [-0.15, -0.1) is 0 Å². The second-order valence-corrected chi connectivity index (χ2v) is 9.69. The molecule has 1 amide bonds. The van der Waals surface area contributed by atoms with Crippen molar-refractivity contribution in [3.05, 3.63) is 12.2 Å². The van der Waals surface area contributed by atoms with Crippen molar-refractivity contribution in [2.24, 2.45) is 23.2 Å². The first-order chi connectivity index (χ1) is 12.4. The molecule has 26 heavy (non-hydrogen) atoms. The Kier molecular flexibility index (Phi) is 6.35. The molecule has 3 unspecified atom stereocenters. The molecule has 3 atom stereocenters. The fourth-order valence-corrected chi connectivity index (χ4v) is 5.68. The molecule has 3 rings (SSSR count). The summed E-state index contributed by atoms with van der Waals surface area (Å²) >= 11 is 0. The maximum Gasteiger partial charge on any atom is 0.410 e. The number of hydrogen-bond acceptors (Lipinski definition) is 2. The van der Waals surface area contributed by atoms with E-state index in [0.29, 0.717) is 17.3 Å². The van der Waals surface area contributed by atoms with Crippen molar-refractivity contribution in [1.82, 2.24) is 4.90 Å². The Morgan fingerprint density at radius 2 is 1.88 bits per heavy atom. The molecule has 1 aliphatic heterocycles. The average molecular weight is 362 g/mol. The van der Waals surface area contributed by atoms with E-state index < -0.39 is 0 Å². The quantitative estimate of drug-likeness (QED) is 0.561. The normalized spacial score (nSPS) is 31.0. The Bertz CT molecular complexity index is 496. The molecule has 0 bridgehead atoms. The summed E-state index contributed by atoms with van der Waals surface area (Å²) in [7, 11) is 0. The number of allylic oxidation sites excluding steroid dienone is 1. The molecule has 1 saturated heterocycles. The molecule has 0 N–H and O–H groups in total. The molecule has 0 aromatic carbocycles. The average Bonchev–Trinajstić information content (AvgIpc) is 2.62. The van der Waals surface area contributed by atoms with Crippen LogP contribution in [0.4, 0.5) is 4.79 Å². The molecule has 3 heteroatoms. The monoisotopic (exact) mass is 361 g/mol. The van der Waals surface area contributed by atoms with Crippen LogP contribution in [0.2, 0.25) is 0 Å². The van der Waals surface area contributed by atoms with Crippen molar-refractivity contribution < 1.29 is 9.53 Å². The van der Waals surface area contributed by atoms with E-state index in [1.54, 1.807) is 0 Å². The zero-order valence-corrected chi connectivity index (χ0v) is 17.3. The number of rotatable bonds is 3. The highest BCUT2D eigenvalue weighted by atomic mass is 16.6. The van der Waals surface area contributed by atoms with Crippen molar-refractivity contribution in [3.8, 4) is 0 Å². The number of ether oxygens (including phenoxy) is 1. The maximum absolute atomic E-state index is 12.7. The van der Waals surface area contributed by atoms with Gasteiger partial charge in [-0.05, 0) is 87.9 Å². The number of carbonyl (C=O) groups is 1. The summed E-state index contributed by atoms with van der Waals surface area (Å²) in [5, 5.41) is 0. The van der Waals surface area contributed by atoms with Crippen LogP contribution in [0.25, 0.3) is 0 Å². The standard InChI is InChI=1S/C23H39NO2/c1-5-20-6-8-23(9-7-20)10-12-24(13-11-23)22(25)26-19(4)21-15-17(2)14-18(3)16-21/h18-21H,2,5-16H2,1,3-4H3. The SMILES string of the molecule is C=C1CC(C)CC(C(C)OC(=O)N2CCC3(CCC(CC)CC3)CC2)C1. The van der Waals surface area contributed by atoms with Crippen LogP contribution in [0.5, 0.6) is 0 Å². The van der Waals surface area contributed by atoms with Gasteiger partial charge in [-0.25, -0.2) is 4.79 Å². The summed E-state index contributed by atoms with van der Waals surface area (Å²) in [6, 6.07) is 0. The second-order valence-electron chi connectivity index (χ2n) is 9.69. The van der Waals surface area contributed by atoms with Gasteiger partial charge in [-0.2, -0.15) is 0 Å². The zero-order valence-electron chi connectivity index (χ0n) is 17.3. The zero-order chi connectivity index (χ0) is 18.7. The number of likely N-dealkylation sites (tertiary alicyclic amines) is 1. The summed E-state index contributed by atoms with van der Waals surface area (Å²) < 4.78 is 5.88. The van der Waals surface area contributed by atoms with Crippen molar-refractivity contribution >= 4 is 6.09 Å². The second kappa shape index (κ2) is 8.35. The fraction of sp³-hybridized carbons (Fsp3) is 0.870. The van der Waals surface area contributed by atoms with E-state index in [2.05, 4.69) is 27.4 Å². The minimum Gasteiger partial charge on any atom is -0.446 e. The van der Waals surface area contributed by atoms with Gasteiger partial charge in [0.15, 0.2) is 0 Å². The maximum atomic E-state index is 12.7. The van der Waals surface area contributed by atoms with Gasteiger partial charge in [0.25, 0.3) is 0 Å². The highest BCUT2D eigenvalue weighted by molar-refractivity contribution is 5.68. The third-order valence-corrected chi connectivity index (χ3v) is 7.67. The van der Waals surface area contributed by atoms with Crippen LogP contribution >= 0.6 is 0 Å². The third kappa shape index (κ3) is 4.64. The van der Waals surface area contributed by atoms with Crippen LogP contribution in [0.15, 0.2) is 12.2 Å². The molecule has 2 saturated carbocycles. The molecule has 0 radical (unpaired) electrons. The summed E-state index contributed by atoms with van der Waals surface area (Å²) in [6.07, 6.45) is 12.4. The first-order valence-electron chi connectivity index (χ1n) is 11.0. The van der Waals surface area contributed by atoms with E-state index in [9.17, 15) is 4.79 Å². The van der Waals surface area contributed by atoms with Crippen molar-refractivity contribution in [3.63, 3.8) is 0 Å². The first-order valence-corrected chi connectivity index (χ1v) is 11.0. The molecular weight excluding hydrogens is 322 g/mol. The summed E-state index contributed by atoms with van der Waals surface area (Å²) in [4.78, 5) is 14.6. The van der Waals surface area contributed by atoms with Crippen molar-refractivity contribution in [2.45, 2.75) is 91.1 Å². The van der Waals surface area contributed by atoms with Gasteiger partial charge >= 0.3 is 6.09 Å². The molecule has 0 aromatic rings. The largest absolute Gasteiger partial charge is 0.446 e. The van der Waals surface area contributed by atoms with E-state index in [1.165, 1.54) is 50.5 Å². The molecule has 3 aliphatic rings. The van der Waals surface area contributed by atoms with E-state index in [-0.39, 0.29) is 12.2 Å². The van der Waals surface area contributed by atoms with Gasteiger partial charge < -0.3 is 9.64 Å².